The normalized spacial score (nSPS) is 33.1. The van der Waals surface area contributed by atoms with Crippen LogP contribution in [0.4, 0.5) is 4.79 Å². The molecule has 0 aliphatic carbocycles. The lowest BCUT2D eigenvalue weighted by Crippen LogP contribution is -2.25. The number of carbonyl (C=O) groups is 1. The fraction of sp³-hybridized carbons (Fsp3) is 0.889. The van der Waals surface area contributed by atoms with E-state index in [0.29, 0.717) is 0 Å². The van der Waals surface area contributed by atoms with Crippen molar-refractivity contribution in [1.82, 2.24) is 0 Å². The average Bonchev–Trinajstić information content (AvgIpc) is 2.69. The summed E-state index contributed by atoms with van der Waals surface area (Å²) < 4.78 is 54.2. The summed E-state index contributed by atoms with van der Waals surface area (Å²) in [5.74, 6) is -0.373. The Balaban J connectivity index is 1.80. The Morgan fingerprint density at radius 1 is 0.833 bits per heavy atom. The van der Waals surface area contributed by atoms with Gasteiger partial charge in [0.1, 0.15) is 12.2 Å². The average molecular weight is 298 g/mol. The molecule has 0 amide bonds. The molecule has 0 spiro atoms. The van der Waals surface area contributed by atoms with Crippen LogP contribution in [-0.2, 0) is 29.1 Å². The zero-order valence-electron chi connectivity index (χ0n) is 9.57. The van der Waals surface area contributed by atoms with E-state index < -0.39 is 38.0 Å². The first-order valence-electron chi connectivity index (χ1n) is 5.54. The molecule has 2 atom stereocenters. The number of carbonyl (C=O) groups excluding carboxylic acids is 1. The van der Waals surface area contributed by atoms with Crippen LogP contribution in [-0.4, -0.2) is 58.2 Å². The van der Waals surface area contributed by atoms with Gasteiger partial charge in [-0.05, 0) is 12.8 Å². The first-order chi connectivity index (χ1) is 8.26. The maximum Gasteiger partial charge on any atom is 0.508 e. The molecule has 9 heteroatoms. The van der Waals surface area contributed by atoms with Crippen molar-refractivity contribution in [2.75, 3.05) is 23.0 Å². The number of ether oxygens (including phenoxy) is 2. The molecule has 0 bridgehead atoms. The van der Waals surface area contributed by atoms with E-state index in [-0.39, 0.29) is 35.9 Å². The van der Waals surface area contributed by atoms with Crippen LogP contribution in [0, 0.1) is 0 Å². The minimum atomic E-state index is -3.12. The molecule has 0 N–H and O–H groups in total. The molecule has 2 aliphatic heterocycles. The Morgan fingerprint density at radius 3 is 1.50 bits per heavy atom. The summed E-state index contributed by atoms with van der Waals surface area (Å²) in [6.07, 6.45) is -1.82. The highest BCUT2D eigenvalue weighted by atomic mass is 32.2. The molecule has 0 saturated carbocycles. The fourth-order valence-electron chi connectivity index (χ4n) is 2.01. The smallest absolute Gasteiger partial charge is 0.430 e. The van der Waals surface area contributed by atoms with E-state index >= 15 is 0 Å². The predicted molar refractivity (Wildman–Crippen MR) is 61.7 cm³/mol. The van der Waals surface area contributed by atoms with Crippen molar-refractivity contribution >= 4 is 25.8 Å². The van der Waals surface area contributed by atoms with Gasteiger partial charge in [0.2, 0.25) is 0 Å². The maximum atomic E-state index is 11.3. The van der Waals surface area contributed by atoms with Crippen molar-refractivity contribution in [2.24, 2.45) is 0 Å². The summed E-state index contributed by atoms with van der Waals surface area (Å²) in [4.78, 5) is 11.3. The lowest BCUT2D eigenvalue weighted by Gasteiger charge is -2.13. The van der Waals surface area contributed by atoms with Crippen molar-refractivity contribution in [3.8, 4) is 0 Å². The standard InChI is InChI=1S/C9H14O7S2/c10-9(15-7-1-3-17(11,12)5-7)16-8-2-4-18(13,14)6-8/h7-8H,1-6H2/t7-,8+. The van der Waals surface area contributed by atoms with Gasteiger partial charge in [-0.15, -0.1) is 0 Å². The van der Waals surface area contributed by atoms with E-state index in [1.165, 1.54) is 0 Å². The maximum absolute atomic E-state index is 11.3. The highest BCUT2D eigenvalue weighted by Crippen LogP contribution is 2.18. The summed E-state index contributed by atoms with van der Waals surface area (Å²) >= 11 is 0. The Bertz CT molecular complexity index is 485. The van der Waals surface area contributed by atoms with Crippen LogP contribution >= 0.6 is 0 Å². The van der Waals surface area contributed by atoms with Crippen LogP contribution in [0.2, 0.25) is 0 Å². The summed E-state index contributed by atoms with van der Waals surface area (Å²) in [6.45, 7) is 0. The van der Waals surface area contributed by atoms with E-state index in [0.717, 1.165) is 0 Å². The van der Waals surface area contributed by atoms with E-state index in [1.807, 2.05) is 0 Å². The van der Waals surface area contributed by atoms with Gasteiger partial charge in [0.15, 0.2) is 19.7 Å². The summed E-state index contributed by atoms with van der Waals surface area (Å²) in [7, 11) is -6.23. The number of hydrogen-bond acceptors (Lipinski definition) is 7. The van der Waals surface area contributed by atoms with E-state index in [1.54, 1.807) is 0 Å². The summed E-state index contributed by atoms with van der Waals surface area (Å²) in [5, 5.41) is 0. The Labute approximate surface area is 105 Å². The zero-order valence-corrected chi connectivity index (χ0v) is 11.2. The molecule has 0 aromatic carbocycles. The van der Waals surface area contributed by atoms with Crippen LogP contribution in [0.5, 0.6) is 0 Å². The third-order valence-corrected chi connectivity index (χ3v) is 6.38. The second-order valence-electron chi connectivity index (χ2n) is 4.54. The van der Waals surface area contributed by atoms with Gasteiger partial charge < -0.3 is 9.47 Å². The molecule has 0 aromatic heterocycles. The number of hydrogen-bond donors (Lipinski definition) is 0. The third kappa shape index (κ3) is 3.58. The predicted octanol–water partition coefficient (Wildman–Crippen LogP) is -0.486. The van der Waals surface area contributed by atoms with Crippen molar-refractivity contribution < 1.29 is 31.1 Å². The molecular weight excluding hydrogens is 284 g/mol. The second kappa shape index (κ2) is 4.69. The second-order valence-corrected chi connectivity index (χ2v) is 8.99. The molecule has 7 nitrogen and oxygen atoms in total. The zero-order chi connectivity index (χ0) is 13.4. The lowest BCUT2D eigenvalue weighted by atomic mass is 10.3. The molecule has 0 aromatic rings. The van der Waals surface area contributed by atoms with Crippen molar-refractivity contribution in [1.29, 1.82) is 0 Å². The van der Waals surface area contributed by atoms with Gasteiger partial charge >= 0.3 is 6.16 Å². The van der Waals surface area contributed by atoms with Crippen LogP contribution in [0.15, 0.2) is 0 Å². The molecule has 0 radical (unpaired) electrons. The first kappa shape index (κ1) is 13.6. The van der Waals surface area contributed by atoms with Crippen LogP contribution in [0.25, 0.3) is 0 Å². The highest BCUT2D eigenvalue weighted by molar-refractivity contribution is 7.91. The largest absolute Gasteiger partial charge is 0.508 e. The topological polar surface area (TPSA) is 104 Å². The van der Waals surface area contributed by atoms with Crippen LogP contribution < -0.4 is 0 Å². The minimum absolute atomic E-state index is 0.00273. The van der Waals surface area contributed by atoms with Crippen LogP contribution in [0.1, 0.15) is 12.8 Å². The first-order valence-corrected chi connectivity index (χ1v) is 9.18. The Morgan fingerprint density at radius 2 is 1.22 bits per heavy atom. The fourth-order valence-corrected chi connectivity index (χ4v) is 5.19. The van der Waals surface area contributed by atoms with E-state index in [2.05, 4.69) is 0 Å². The van der Waals surface area contributed by atoms with Gasteiger partial charge in [0.25, 0.3) is 0 Å². The third-order valence-electron chi connectivity index (χ3n) is 2.91. The molecule has 2 rings (SSSR count). The molecule has 2 saturated heterocycles. The quantitative estimate of drug-likeness (QED) is 0.634. The van der Waals surface area contributed by atoms with E-state index in [9.17, 15) is 21.6 Å². The summed E-state index contributed by atoms with van der Waals surface area (Å²) in [6, 6.07) is 0. The molecule has 0 unspecified atom stereocenters. The van der Waals surface area contributed by atoms with Crippen LogP contribution in [0.3, 0.4) is 0 Å². The van der Waals surface area contributed by atoms with Gasteiger partial charge in [-0.3, -0.25) is 0 Å². The monoisotopic (exact) mass is 298 g/mol. The molecular formula is C9H14O7S2. The lowest BCUT2D eigenvalue weighted by molar-refractivity contribution is 0.0113. The van der Waals surface area contributed by atoms with Gasteiger partial charge in [0.05, 0.1) is 23.0 Å². The van der Waals surface area contributed by atoms with Crippen molar-refractivity contribution in [3.05, 3.63) is 0 Å². The number of sulfone groups is 2. The molecule has 104 valence electrons. The molecule has 2 heterocycles. The highest BCUT2D eigenvalue weighted by Gasteiger charge is 2.34. The number of rotatable bonds is 2. The molecule has 2 aliphatic rings. The molecule has 2 fully saturated rings. The van der Waals surface area contributed by atoms with E-state index in [4.69, 9.17) is 9.47 Å². The molecule has 18 heavy (non-hydrogen) atoms. The van der Waals surface area contributed by atoms with Gasteiger partial charge in [0, 0.05) is 0 Å². The Kier molecular flexibility index (Phi) is 3.54. The van der Waals surface area contributed by atoms with Crippen molar-refractivity contribution in [2.45, 2.75) is 25.0 Å². The van der Waals surface area contributed by atoms with Gasteiger partial charge in [-0.2, -0.15) is 0 Å². The summed E-state index contributed by atoms with van der Waals surface area (Å²) in [5.41, 5.74) is 0. The van der Waals surface area contributed by atoms with Crippen molar-refractivity contribution in [3.63, 3.8) is 0 Å². The minimum Gasteiger partial charge on any atom is -0.430 e. The van der Waals surface area contributed by atoms with Gasteiger partial charge in [-0.1, -0.05) is 0 Å². The SMILES string of the molecule is O=C(O[C@@H]1CCS(=O)(=O)C1)O[C@H]1CCS(=O)(=O)C1. The Hall–Kier alpha value is -0.830. The van der Waals surface area contributed by atoms with Gasteiger partial charge in [-0.25, -0.2) is 21.6 Å².